The summed E-state index contributed by atoms with van der Waals surface area (Å²) in [5, 5.41) is 0. The minimum absolute atomic E-state index is 0.329. The molecule has 4 nitrogen and oxygen atoms in total. The minimum atomic E-state index is -0.750. The van der Waals surface area contributed by atoms with Gasteiger partial charge in [0.1, 0.15) is 0 Å². The molecule has 2 aliphatic rings. The highest BCUT2D eigenvalue weighted by Crippen LogP contribution is 2.34. The first kappa shape index (κ1) is 12.8. The highest BCUT2D eigenvalue weighted by Gasteiger charge is 2.43. The SMILES string of the molecule is CCC1CCCCN1C1CCC(N)(C(N)=O)C1. The van der Waals surface area contributed by atoms with Crippen LogP contribution in [0.5, 0.6) is 0 Å². The summed E-state index contributed by atoms with van der Waals surface area (Å²) in [5.74, 6) is -0.329. The highest BCUT2D eigenvalue weighted by molar-refractivity contribution is 5.84. The van der Waals surface area contributed by atoms with Crippen molar-refractivity contribution >= 4 is 5.91 Å². The molecule has 3 atom stereocenters. The molecule has 1 saturated carbocycles. The number of carbonyl (C=O) groups excluding carboxylic acids is 1. The van der Waals surface area contributed by atoms with Crippen LogP contribution >= 0.6 is 0 Å². The number of piperidine rings is 1. The molecule has 98 valence electrons. The first-order chi connectivity index (χ1) is 8.07. The second-order valence-electron chi connectivity index (χ2n) is 5.71. The summed E-state index contributed by atoms with van der Waals surface area (Å²) >= 11 is 0. The van der Waals surface area contributed by atoms with Crippen molar-refractivity contribution in [1.29, 1.82) is 0 Å². The van der Waals surface area contributed by atoms with Gasteiger partial charge in [-0.25, -0.2) is 0 Å². The number of likely N-dealkylation sites (tertiary alicyclic amines) is 1. The van der Waals surface area contributed by atoms with Crippen molar-refractivity contribution in [3.63, 3.8) is 0 Å². The molecular weight excluding hydrogens is 214 g/mol. The lowest BCUT2D eigenvalue weighted by Crippen LogP contribution is -2.52. The van der Waals surface area contributed by atoms with E-state index >= 15 is 0 Å². The van der Waals surface area contributed by atoms with E-state index in [2.05, 4.69) is 11.8 Å². The summed E-state index contributed by atoms with van der Waals surface area (Å²) in [5.41, 5.74) is 10.7. The van der Waals surface area contributed by atoms with Gasteiger partial charge >= 0.3 is 0 Å². The molecule has 1 aliphatic heterocycles. The van der Waals surface area contributed by atoms with Crippen molar-refractivity contribution in [2.45, 2.75) is 69.5 Å². The number of hydrogen-bond acceptors (Lipinski definition) is 3. The van der Waals surface area contributed by atoms with Crippen molar-refractivity contribution in [3.05, 3.63) is 0 Å². The maximum atomic E-state index is 11.4. The average Bonchev–Trinajstić information content (AvgIpc) is 2.73. The Bertz CT molecular complexity index is 294. The van der Waals surface area contributed by atoms with E-state index in [-0.39, 0.29) is 5.91 Å². The molecule has 0 aromatic rings. The second-order valence-corrected chi connectivity index (χ2v) is 5.71. The third-order valence-electron chi connectivity index (χ3n) is 4.63. The number of rotatable bonds is 3. The van der Waals surface area contributed by atoms with Crippen molar-refractivity contribution < 1.29 is 4.79 Å². The van der Waals surface area contributed by atoms with Crippen LogP contribution in [-0.2, 0) is 4.79 Å². The van der Waals surface area contributed by atoms with E-state index in [1.165, 1.54) is 25.7 Å². The van der Waals surface area contributed by atoms with Crippen LogP contribution in [0.3, 0.4) is 0 Å². The van der Waals surface area contributed by atoms with Crippen LogP contribution in [0, 0.1) is 0 Å². The lowest BCUT2D eigenvalue weighted by atomic mass is 9.95. The Balaban J connectivity index is 2.01. The first-order valence-electron chi connectivity index (χ1n) is 6.91. The molecule has 0 aromatic carbocycles. The Morgan fingerprint density at radius 1 is 1.41 bits per heavy atom. The van der Waals surface area contributed by atoms with Gasteiger partial charge in [-0.3, -0.25) is 9.69 Å². The third kappa shape index (κ3) is 2.47. The van der Waals surface area contributed by atoms with E-state index in [0.717, 1.165) is 25.8 Å². The molecule has 2 rings (SSSR count). The van der Waals surface area contributed by atoms with Gasteiger partial charge in [0.2, 0.25) is 5.91 Å². The van der Waals surface area contributed by atoms with Gasteiger partial charge in [0, 0.05) is 12.1 Å². The summed E-state index contributed by atoms with van der Waals surface area (Å²) in [6.45, 7) is 3.42. The van der Waals surface area contributed by atoms with Crippen LogP contribution in [0.25, 0.3) is 0 Å². The van der Waals surface area contributed by atoms with Crippen LogP contribution in [0.4, 0.5) is 0 Å². The van der Waals surface area contributed by atoms with E-state index in [1.54, 1.807) is 0 Å². The maximum Gasteiger partial charge on any atom is 0.237 e. The van der Waals surface area contributed by atoms with Crippen LogP contribution in [0.1, 0.15) is 51.9 Å². The van der Waals surface area contributed by atoms with Gasteiger partial charge in [-0.15, -0.1) is 0 Å². The third-order valence-corrected chi connectivity index (χ3v) is 4.63. The summed E-state index contributed by atoms with van der Waals surface area (Å²) in [7, 11) is 0. The Morgan fingerprint density at radius 2 is 2.18 bits per heavy atom. The quantitative estimate of drug-likeness (QED) is 0.771. The Hall–Kier alpha value is -0.610. The minimum Gasteiger partial charge on any atom is -0.368 e. The van der Waals surface area contributed by atoms with Crippen LogP contribution < -0.4 is 11.5 Å². The van der Waals surface area contributed by atoms with Crippen molar-refractivity contribution in [3.8, 4) is 0 Å². The zero-order valence-electron chi connectivity index (χ0n) is 10.8. The van der Waals surface area contributed by atoms with Gasteiger partial charge in [0.25, 0.3) is 0 Å². The zero-order valence-corrected chi connectivity index (χ0v) is 10.8. The van der Waals surface area contributed by atoms with Crippen LogP contribution in [0.2, 0.25) is 0 Å². The van der Waals surface area contributed by atoms with E-state index in [0.29, 0.717) is 12.1 Å². The van der Waals surface area contributed by atoms with Gasteiger partial charge in [-0.05, 0) is 45.1 Å². The number of nitrogens with zero attached hydrogens (tertiary/aromatic N) is 1. The number of nitrogens with two attached hydrogens (primary N) is 2. The lowest BCUT2D eigenvalue weighted by molar-refractivity contribution is -0.123. The molecule has 0 radical (unpaired) electrons. The smallest absolute Gasteiger partial charge is 0.237 e. The Morgan fingerprint density at radius 3 is 2.76 bits per heavy atom. The number of primary amides is 1. The van der Waals surface area contributed by atoms with Gasteiger partial charge in [0.05, 0.1) is 5.54 Å². The van der Waals surface area contributed by atoms with E-state index < -0.39 is 5.54 Å². The predicted octanol–water partition coefficient (Wildman–Crippen LogP) is 0.986. The molecular formula is C13H25N3O. The van der Waals surface area contributed by atoms with Crippen molar-refractivity contribution in [1.82, 2.24) is 4.90 Å². The highest BCUT2D eigenvalue weighted by atomic mass is 16.1. The maximum absolute atomic E-state index is 11.4. The van der Waals surface area contributed by atoms with Crippen LogP contribution in [0.15, 0.2) is 0 Å². The molecule has 1 aliphatic carbocycles. The molecule has 2 fully saturated rings. The fourth-order valence-corrected chi connectivity index (χ4v) is 3.50. The molecule has 4 heteroatoms. The monoisotopic (exact) mass is 239 g/mol. The van der Waals surface area contributed by atoms with Gasteiger partial charge in [0.15, 0.2) is 0 Å². The van der Waals surface area contributed by atoms with Gasteiger partial charge in [-0.2, -0.15) is 0 Å². The van der Waals surface area contributed by atoms with Gasteiger partial charge < -0.3 is 11.5 Å². The fourth-order valence-electron chi connectivity index (χ4n) is 3.50. The standard InChI is InChI=1S/C13H25N3O/c1-2-10-5-3-4-8-16(10)11-6-7-13(15,9-11)12(14)17/h10-11H,2-9,15H2,1H3,(H2,14,17). The topological polar surface area (TPSA) is 72.3 Å². The fraction of sp³-hybridized carbons (Fsp3) is 0.923. The van der Waals surface area contributed by atoms with E-state index in [9.17, 15) is 4.79 Å². The van der Waals surface area contributed by atoms with E-state index in [1.807, 2.05) is 0 Å². The Labute approximate surface area is 104 Å². The molecule has 1 heterocycles. The van der Waals surface area contributed by atoms with E-state index in [4.69, 9.17) is 11.5 Å². The summed E-state index contributed by atoms with van der Waals surface area (Å²) in [6, 6.07) is 1.15. The van der Waals surface area contributed by atoms with Gasteiger partial charge in [-0.1, -0.05) is 13.3 Å². The largest absolute Gasteiger partial charge is 0.368 e. The molecule has 3 unspecified atom stereocenters. The summed E-state index contributed by atoms with van der Waals surface area (Å²) in [6.07, 6.45) is 7.63. The molecule has 1 saturated heterocycles. The molecule has 0 bridgehead atoms. The molecule has 4 N–H and O–H groups in total. The van der Waals surface area contributed by atoms with Crippen molar-refractivity contribution in [2.24, 2.45) is 11.5 Å². The van der Waals surface area contributed by atoms with Crippen LogP contribution in [-0.4, -0.2) is 35.0 Å². The number of hydrogen-bond donors (Lipinski definition) is 2. The molecule has 17 heavy (non-hydrogen) atoms. The summed E-state index contributed by atoms with van der Waals surface area (Å²) in [4.78, 5) is 14.0. The summed E-state index contributed by atoms with van der Waals surface area (Å²) < 4.78 is 0. The normalized spacial score (nSPS) is 39.4. The number of amides is 1. The average molecular weight is 239 g/mol. The first-order valence-corrected chi connectivity index (χ1v) is 6.91. The van der Waals surface area contributed by atoms with Crippen molar-refractivity contribution in [2.75, 3.05) is 6.54 Å². The molecule has 0 aromatic heterocycles. The molecule has 0 spiro atoms. The zero-order chi connectivity index (χ0) is 12.5. The molecule has 1 amide bonds. The Kier molecular flexibility index (Phi) is 3.73. The predicted molar refractivity (Wildman–Crippen MR) is 68.4 cm³/mol. The second kappa shape index (κ2) is 4.94. The lowest BCUT2D eigenvalue weighted by Gasteiger charge is -2.40. The number of carbonyl (C=O) groups is 1.